The number of piperidine rings is 1. The lowest BCUT2D eigenvalue weighted by Crippen LogP contribution is -2.49. The van der Waals surface area contributed by atoms with E-state index in [9.17, 15) is 18.0 Å². The number of ether oxygens (including phenoxy) is 1. The third kappa shape index (κ3) is 4.25. The Balaban J connectivity index is 1.57. The zero-order chi connectivity index (χ0) is 24.3. The van der Waals surface area contributed by atoms with Gasteiger partial charge in [-0.3, -0.25) is 0 Å². The molecule has 5 rings (SSSR count). The Bertz CT molecular complexity index is 1110. The third-order valence-electron chi connectivity index (χ3n) is 6.76. The molecular weight excluding hydrogens is 461 g/mol. The number of rotatable bonds is 1. The largest absolute Gasteiger partial charge is 0.444 e. The monoisotopic (exact) mass is 490 g/mol. The van der Waals surface area contributed by atoms with Crippen molar-refractivity contribution in [2.24, 2.45) is 0 Å². The molecule has 2 atom stereocenters. The number of carbonyl (C=O) groups excluding carboxylic acids is 1. The smallest absolute Gasteiger partial charge is 0.417 e. The lowest BCUT2D eigenvalue weighted by Gasteiger charge is -2.39. The minimum Gasteiger partial charge on any atom is -0.444 e. The molecule has 0 aromatic heterocycles. The van der Waals surface area contributed by atoms with E-state index in [-0.39, 0.29) is 23.6 Å². The van der Waals surface area contributed by atoms with Crippen LogP contribution >= 0.6 is 11.8 Å². The summed E-state index contributed by atoms with van der Waals surface area (Å²) < 4.78 is 47.0. The van der Waals surface area contributed by atoms with Gasteiger partial charge in [0.05, 0.1) is 11.3 Å². The van der Waals surface area contributed by atoms with Crippen molar-refractivity contribution in [2.45, 2.75) is 62.2 Å². The predicted octanol–water partition coefficient (Wildman–Crippen LogP) is 6.78. The van der Waals surface area contributed by atoms with Gasteiger partial charge in [0.25, 0.3) is 0 Å². The third-order valence-corrected chi connectivity index (χ3v) is 7.88. The van der Waals surface area contributed by atoms with Crippen molar-refractivity contribution in [1.82, 2.24) is 4.90 Å². The van der Waals surface area contributed by atoms with Crippen molar-refractivity contribution in [1.29, 1.82) is 0 Å². The van der Waals surface area contributed by atoms with E-state index in [1.807, 2.05) is 32.9 Å². The Morgan fingerprint density at radius 1 is 1.12 bits per heavy atom. The standard InChI is InChI=1S/C26H29F3N2O2S/c1-25(2,3)33-24(32)30-11-9-21-19(15-30)18-13-16(14-22-23(18)31(21)10-6-12-34-22)17-7-4-5-8-20(17)26(27,28)29/h4-5,7-8,13-14,19,21H,6,9-12,15H2,1-3H3/t19-,21-/m0/s1. The fourth-order valence-electron chi connectivity index (χ4n) is 5.44. The number of carbonyl (C=O) groups is 1. The van der Waals surface area contributed by atoms with Crippen molar-refractivity contribution in [3.05, 3.63) is 47.5 Å². The van der Waals surface area contributed by atoms with Crippen molar-refractivity contribution in [2.75, 3.05) is 30.3 Å². The highest BCUT2D eigenvalue weighted by Crippen LogP contribution is 2.52. The van der Waals surface area contributed by atoms with Crippen LogP contribution in [0.25, 0.3) is 11.1 Å². The zero-order valence-corrected chi connectivity index (χ0v) is 20.4. The molecule has 34 heavy (non-hydrogen) atoms. The maximum absolute atomic E-state index is 13.8. The summed E-state index contributed by atoms with van der Waals surface area (Å²) >= 11 is 1.72. The Hall–Kier alpha value is -2.35. The van der Waals surface area contributed by atoms with Crippen LogP contribution in [0.3, 0.4) is 0 Å². The van der Waals surface area contributed by atoms with Gasteiger partial charge in [-0.2, -0.15) is 13.2 Å². The molecule has 0 unspecified atom stereocenters. The summed E-state index contributed by atoms with van der Waals surface area (Å²) in [5, 5.41) is 0. The minimum absolute atomic E-state index is 0.0479. The highest BCUT2D eigenvalue weighted by Gasteiger charge is 2.45. The molecule has 3 aliphatic heterocycles. The maximum Gasteiger partial charge on any atom is 0.417 e. The number of alkyl halides is 3. The number of fused-ring (bicyclic) bond motifs is 3. The van der Waals surface area contributed by atoms with Gasteiger partial charge >= 0.3 is 12.3 Å². The van der Waals surface area contributed by atoms with Gasteiger partial charge < -0.3 is 14.5 Å². The van der Waals surface area contributed by atoms with Crippen molar-refractivity contribution in [3.63, 3.8) is 0 Å². The van der Waals surface area contributed by atoms with Crippen LogP contribution in [0, 0.1) is 0 Å². The number of anilines is 1. The summed E-state index contributed by atoms with van der Waals surface area (Å²) in [6.07, 6.45) is -2.92. The minimum atomic E-state index is -4.43. The summed E-state index contributed by atoms with van der Waals surface area (Å²) in [6, 6.07) is 9.90. The summed E-state index contributed by atoms with van der Waals surface area (Å²) in [6.45, 7) is 7.61. The number of hydrogen-bond acceptors (Lipinski definition) is 4. The second kappa shape index (κ2) is 8.40. The van der Waals surface area contributed by atoms with Gasteiger partial charge in [-0.05, 0) is 74.3 Å². The van der Waals surface area contributed by atoms with Crippen molar-refractivity contribution < 1.29 is 22.7 Å². The van der Waals surface area contributed by atoms with E-state index in [2.05, 4.69) is 4.90 Å². The molecule has 1 saturated heterocycles. The first-order chi connectivity index (χ1) is 16.0. The zero-order valence-electron chi connectivity index (χ0n) is 19.6. The van der Waals surface area contributed by atoms with Gasteiger partial charge in [0.1, 0.15) is 5.60 Å². The topological polar surface area (TPSA) is 32.8 Å². The van der Waals surface area contributed by atoms with Crippen LogP contribution in [-0.4, -0.2) is 48.0 Å². The Kier molecular flexibility index (Phi) is 5.78. The first-order valence-electron chi connectivity index (χ1n) is 11.7. The molecule has 2 aromatic carbocycles. The molecule has 4 nitrogen and oxygen atoms in total. The van der Waals surface area contributed by atoms with Crippen molar-refractivity contribution in [3.8, 4) is 11.1 Å². The maximum atomic E-state index is 13.8. The van der Waals surface area contributed by atoms with E-state index in [4.69, 9.17) is 4.74 Å². The summed E-state index contributed by atoms with van der Waals surface area (Å²) in [5.41, 5.74) is 1.80. The van der Waals surface area contributed by atoms with Crippen LogP contribution in [0.1, 0.15) is 50.7 Å². The van der Waals surface area contributed by atoms with Crippen molar-refractivity contribution >= 4 is 23.5 Å². The number of likely N-dealkylation sites (tertiary alicyclic amines) is 1. The van der Waals surface area contributed by atoms with Crippen LogP contribution in [-0.2, 0) is 10.9 Å². The second-order valence-corrected chi connectivity index (χ2v) is 11.4. The molecule has 0 bridgehead atoms. The molecule has 0 spiro atoms. The fraction of sp³-hybridized carbons (Fsp3) is 0.500. The Morgan fingerprint density at radius 3 is 2.62 bits per heavy atom. The number of amides is 1. The molecule has 0 aliphatic carbocycles. The first-order valence-corrected chi connectivity index (χ1v) is 12.7. The van der Waals surface area contributed by atoms with Gasteiger partial charge in [0, 0.05) is 36.5 Å². The Morgan fingerprint density at radius 2 is 1.88 bits per heavy atom. The van der Waals surface area contributed by atoms with Crippen LogP contribution in [0.4, 0.5) is 23.7 Å². The SMILES string of the molecule is CC(C)(C)OC(=O)N1CC[C@H]2[C@@H](C1)c1cc(-c3ccccc3C(F)(F)F)cc3c1N2CCCS3. The van der Waals surface area contributed by atoms with E-state index in [1.165, 1.54) is 6.07 Å². The molecule has 0 saturated carbocycles. The number of nitrogens with zero attached hydrogens (tertiary/aromatic N) is 2. The molecule has 1 fully saturated rings. The van der Waals surface area contributed by atoms with E-state index in [0.717, 1.165) is 47.4 Å². The lowest BCUT2D eigenvalue weighted by molar-refractivity contribution is -0.137. The van der Waals surface area contributed by atoms with Crippen LogP contribution in [0.5, 0.6) is 0 Å². The normalized spacial score (nSPS) is 22.2. The highest BCUT2D eigenvalue weighted by atomic mass is 32.2. The van der Waals surface area contributed by atoms with E-state index in [0.29, 0.717) is 18.7 Å². The molecular formula is C26H29F3N2O2S. The number of halogens is 3. The van der Waals surface area contributed by atoms with Crippen LogP contribution < -0.4 is 4.90 Å². The highest BCUT2D eigenvalue weighted by molar-refractivity contribution is 7.99. The van der Waals surface area contributed by atoms with Gasteiger partial charge in [-0.15, -0.1) is 11.8 Å². The molecule has 8 heteroatoms. The predicted molar refractivity (Wildman–Crippen MR) is 129 cm³/mol. The van der Waals surface area contributed by atoms with Gasteiger partial charge in [0.2, 0.25) is 0 Å². The van der Waals surface area contributed by atoms with E-state index < -0.39 is 17.3 Å². The Labute approximate surface area is 202 Å². The van der Waals surface area contributed by atoms with Gasteiger partial charge in [-0.1, -0.05) is 18.2 Å². The summed E-state index contributed by atoms with van der Waals surface area (Å²) in [4.78, 5) is 18.1. The molecule has 3 heterocycles. The molecule has 2 aromatic rings. The fourth-order valence-corrected chi connectivity index (χ4v) is 6.51. The van der Waals surface area contributed by atoms with Gasteiger partial charge in [-0.25, -0.2) is 4.79 Å². The molecule has 182 valence electrons. The second-order valence-electron chi connectivity index (χ2n) is 10.2. The molecule has 3 aliphatic rings. The van der Waals surface area contributed by atoms with E-state index >= 15 is 0 Å². The van der Waals surface area contributed by atoms with Gasteiger partial charge in [0.15, 0.2) is 0 Å². The van der Waals surface area contributed by atoms with E-state index in [1.54, 1.807) is 28.8 Å². The number of thioether (sulfide) groups is 1. The number of hydrogen-bond donors (Lipinski definition) is 0. The van der Waals surface area contributed by atoms with Crippen LogP contribution in [0.15, 0.2) is 41.3 Å². The molecule has 0 N–H and O–H groups in total. The average Bonchev–Trinajstić information content (AvgIpc) is 2.92. The molecule has 1 amide bonds. The molecule has 0 radical (unpaired) electrons. The summed E-state index contributed by atoms with van der Waals surface area (Å²) in [5.74, 6) is 0.987. The summed E-state index contributed by atoms with van der Waals surface area (Å²) in [7, 11) is 0. The number of benzene rings is 2. The van der Waals surface area contributed by atoms with Crippen LogP contribution in [0.2, 0.25) is 0 Å². The average molecular weight is 491 g/mol. The first kappa shape index (κ1) is 23.4. The quantitative estimate of drug-likeness (QED) is 0.441. The lowest BCUT2D eigenvalue weighted by atomic mass is 9.87.